The average Bonchev–Trinajstić information content (AvgIpc) is 2.77. The van der Waals surface area contributed by atoms with Gasteiger partial charge in [-0.05, 0) is 47.5 Å². The number of hydrogen-bond donors (Lipinski definition) is 4. The van der Waals surface area contributed by atoms with Gasteiger partial charge in [-0.3, -0.25) is 9.11 Å². The minimum absolute atomic E-state index is 0. The van der Waals surface area contributed by atoms with Crippen molar-refractivity contribution in [2.45, 2.75) is 9.79 Å². The van der Waals surface area contributed by atoms with E-state index in [1.165, 1.54) is 38.5 Å². The Morgan fingerprint density at radius 1 is 0.750 bits per heavy atom. The van der Waals surface area contributed by atoms with Crippen molar-refractivity contribution in [2.75, 3.05) is 14.2 Å². The van der Waals surface area contributed by atoms with E-state index >= 15 is 0 Å². The number of hydrogen-bond acceptors (Lipinski definition) is 10. The van der Waals surface area contributed by atoms with Gasteiger partial charge in [0.15, 0.2) is 11.7 Å². The van der Waals surface area contributed by atoms with Gasteiger partial charge in [0.1, 0.15) is 21.3 Å². The fraction of sp³-hybridized carbons (Fsp3) is 0.111. The van der Waals surface area contributed by atoms with E-state index in [9.17, 15) is 25.9 Å². The predicted molar refractivity (Wildman–Crippen MR) is 136 cm³/mol. The summed E-state index contributed by atoms with van der Waals surface area (Å²) < 4.78 is 74.0. The topological polar surface area (TPSA) is 229 Å². The number of amidine groups is 2. The minimum atomic E-state index is -4.53. The van der Waals surface area contributed by atoms with Gasteiger partial charge < -0.3 is 20.9 Å². The summed E-state index contributed by atoms with van der Waals surface area (Å²) in [5, 5.41) is 14.6. The number of methoxy groups -OCH3 is 2. The molecule has 0 atom stereocenters. The Morgan fingerprint density at radius 2 is 1.08 bits per heavy atom. The Labute approximate surface area is 251 Å². The summed E-state index contributed by atoms with van der Waals surface area (Å²) in [5.41, 5.74) is 11.8. The van der Waals surface area contributed by atoms with Crippen molar-refractivity contribution >= 4 is 103 Å². The molecule has 2 aromatic rings. The molecule has 0 aliphatic rings. The first-order chi connectivity index (χ1) is 15.9. The second-order valence-corrected chi connectivity index (χ2v) is 9.01. The summed E-state index contributed by atoms with van der Waals surface area (Å²) in [4.78, 5) is -0.913. The molecule has 0 aliphatic carbocycles. The van der Waals surface area contributed by atoms with Crippen LogP contribution in [0.5, 0.6) is 11.5 Å². The van der Waals surface area contributed by atoms with Crippen LogP contribution in [0.25, 0.3) is 0 Å². The van der Waals surface area contributed by atoms with Gasteiger partial charge in [0.25, 0.3) is 20.2 Å². The Kier molecular flexibility index (Phi) is 14.0. The van der Waals surface area contributed by atoms with Crippen LogP contribution in [-0.2, 0) is 20.2 Å². The van der Waals surface area contributed by atoms with E-state index in [0.29, 0.717) is 0 Å². The Balaban J connectivity index is 0.00000612. The van der Waals surface area contributed by atoms with Crippen LogP contribution in [0, 0.1) is 0 Å². The van der Waals surface area contributed by atoms with Crippen LogP contribution in [0.2, 0.25) is 0 Å². The normalized spacial score (nSPS) is 12.8. The molecule has 0 fully saturated rings. The molecule has 0 heterocycles. The maximum atomic E-state index is 11.4. The van der Waals surface area contributed by atoms with Crippen LogP contribution in [-0.4, -0.2) is 123 Å². The van der Waals surface area contributed by atoms with Crippen molar-refractivity contribution in [1.82, 2.24) is 0 Å². The fourth-order valence-corrected chi connectivity index (χ4v) is 3.75. The third-order valence-corrected chi connectivity index (χ3v) is 5.69. The predicted octanol–water partition coefficient (Wildman–Crippen LogP) is -0.482. The first kappa shape index (κ1) is 34.1. The second-order valence-electron chi connectivity index (χ2n) is 6.23. The summed E-state index contributed by atoms with van der Waals surface area (Å²) >= 11 is 0. The molecular weight excluding hydrogens is 538 g/mol. The van der Waals surface area contributed by atoms with Gasteiger partial charge in [0, 0.05) is 59.1 Å². The molecule has 0 aliphatic heterocycles. The zero-order chi connectivity index (χ0) is 25.5. The summed E-state index contributed by atoms with van der Waals surface area (Å²) in [6.45, 7) is 0. The van der Waals surface area contributed by atoms with Crippen LogP contribution < -0.4 is 20.9 Å². The molecule has 6 N–H and O–H groups in total. The molecule has 0 unspecified atom stereocenters. The Morgan fingerprint density at radius 3 is 1.36 bits per heavy atom. The molecule has 36 heavy (non-hydrogen) atoms. The largest absolute Gasteiger partial charge is 0.495 e. The van der Waals surface area contributed by atoms with Crippen LogP contribution >= 0.6 is 0 Å². The molecule has 0 saturated carbocycles. The molecule has 2 radical (unpaired) electrons. The summed E-state index contributed by atoms with van der Waals surface area (Å²) in [5.74, 6) is -0.773. The van der Waals surface area contributed by atoms with E-state index in [1.54, 1.807) is 0 Å². The number of nitrogens with zero attached hydrogens (tertiary/aromatic N) is 4. The van der Waals surface area contributed by atoms with E-state index in [-0.39, 0.29) is 93.4 Å². The maximum absolute atomic E-state index is 11.4. The van der Waals surface area contributed by atoms with Gasteiger partial charge in [0.05, 0.1) is 26.6 Å². The second kappa shape index (κ2) is 14.8. The van der Waals surface area contributed by atoms with Gasteiger partial charge in [-0.25, -0.2) is 0 Å². The maximum Gasteiger partial charge on any atom is 0.298 e. The van der Waals surface area contributed by atoms with E-state index < -0.39 is 30.0 Å². The number of rotatable bonds is 8. The molecule has 0 amide bonds. The van der Waals surface area contributed by atoms with Crippen LogP contribution in [0.1, 0.15) is 11.1 Å². The van der Waals surface area contributed by atoms with Crippen molar-refractivity contribution in [3.05, 3.63) is 47.5 Å². The van der Waals surface area contributed by atoms with E-state index in [4.69, 9.17) is 20.9 Å². The first-order valence-electron chi connectivity index (χ1n) is 8.91. The van der Waals surface area contributed by atoms with Crippen LogP contribution in [0.3, 0.4) is 0 Å². The first-order valence-corrected chi connectivity index (χ1v) is 11.8. The fourth-order valence-electron chi connectivity index (χ4n) is 2.37. The van der Waals surface area contributed by atoms with E-state index in [2.05, 4.69) is 20.4 Å². The van der Waals surface area contributed by atoms with Gasteiger partial charge >= 0.3 is 0 Å². The molecule has 14 nitrogen and oxygen atoms in total. The SMILES string of the molecule is COc1ccc(C=N/N=C(N)/C(N)=N/N=Cc2ccc(OC)c(S(=O)(=O)O)c2)cc1S(=O)(=O)O.[Na].[Na]. The minimum Gasteiger partial charge on any atom is -0.495 e. The molecule has 184 valence electrons. The third-order valence-electron chi connectivity index (χ3n) is 3.94. The molecule has 0 aromatic heterocycles. The van der Waals surface area contributed by atoms with Gasteiger partial charge in [-0.1, -0.05) is 0 Å². The quantitative estimate of drug-likeness (QED) is 0.107. The smallest absolute Gasteiger partial charge is 0.298 e. The van der Waals surface area contributed by atoms with Crippen molar-refractivity contribution in [2.24, 2.45) is 31.9 Å². The summed E-state index contributed by atoms with van der Waals surface area (Å²) in [7, 11) is -6.56. The summed E-state index contributed by atoms with van der Waals surface area (Å²) in [6, 6.07) is 7.77. The van der Waals surface area contributed by atoms with Crippen molar-refractivity contribution < 1.29 is 35.4 Å². The standard InChI is InChI=1S/C18H20N6O8S2.2Na/c1-31-13-5-3-11(7-15(13)33(25,26)27)9-21-23-17(19)18(20)24-22-10-12-4-6-14(32-2)16(8-12)34(28,29)30;;/h3-10H,1-2H3,(H2,19,23)(H2,20,24)(H,25,26,27)(H,28,29,30);;. The number of ether oxygens (including phenoxy) is 2. The number of nitrogens with two attached hydrogens (primary N) is 2. The van der Waals surface area contributed by atoms with Crippen LogP contribution in [0.4, 0.5) is 0 Å². The zero-order valence-corrected chi connectivity index (χ0v) is 25.4. The van der Waals surface area contributed by atoms with Gasteiger partial charge in [-0.2, -0.15) is 27.0 Å². The van der Waals surface area contributed by atoms with Crippen LogP contribution in [0.15, 0.2) is 66.6 Å². The van der Waals surface area contributed by atoms with E-state index in [1.807, 2.05) is 0 Å². The van der Waals surface area contributed by atoms with E-state index in [0.717, 1.165) is 24.6 Å². The molecule has 2 rings (SSSR count). The zero-order valence-electron chi connectivity index (χ0n) is 19.7. The van der Waals surface area contributed by atoms with Gasteiger partial charge in [-0.15, -0.1) is 10.2 Å². The van der Waals surface area contributed by atoms with Crippen molar-refractivity contribution in [3.63, 3.8) is 0 Å². The van der Waals surface area contributed by atoms with Crippen molar-refractivity contribution in [1.29, 1.82) is 0 Å². The molecule has 18 heteroatoms. The molecule has 2 aromatic carbocycles. The number of benzene rings is 2. The third kappa shape index (κ3) is 9.89. The Hall–Kier alpha value is -1.86. The molecule has 0 saturated heterocycles. The summed E-state index contributed by atoms with van der Waals surface area (Å²) in [6.07, 6.45) is 2.29. The van der Waals surface area contributed by atoms with Gasteiger partial charge in [0.2, 0.25) is 0 Å². The molecule has 0 bridgehead atoms. The Bertz CT molecular complexity index is 1300. The molecular formula is C18H20N6Na2O8S2. The molecule has 0 spiro atoms. The van der Waals surface area contributed by atoms with Crippen molar-refractivity contribution in [3.8, 4) is 11.5 Å². The average molecular weight is 559 g/mol. The monoisotopic (exact) mass is 558 g/mol.